The fourth-order valence-corrected chi connectivity index (χ4v) is 1.17. The monoisotopic (exact) mass is 229 g/mol. The minimum atomic E-state index is -0.973. The summed E-state index contributed by atoms with van der Waals surface area (Å²) < 4.78 is 9.41. The van der Waals surface area contributed by atoms with Crippen LogP contribution >= 0.6 is 0 Å². The van der Waals surface area contributed by atoms with Gasteiger partial charge in [-0.2, -0.15) is 0 Å². The van der Waals surface area contributed by atoms with Crippen LogP contribution in [0, 0.1) is 0 Å². The van der Waals surface area contributed by atoms with Gasteiger partial charge in [0, 0.05) is 13.1 Å². The highest BCUT2D eigenvalue weighted by molar-refractivity contribution is 5.84. The lowest BCUT2D eigenvalue weighted by Gasteiger charge is -2.22. The molecule has 0 spiro atoms. The number of nitrogens with zero attached hydrogens (tertiary/aromatic N) is 1. The fourth-order valence-electron chi connectivity index (χ4n) is 1.17. The van der Waals surface area contributed by atoms with E-state index in [1.165, 1.54) is 6.08 Å². The van der Waals surface area contributed by atoms with Crippen molar-refractivity contribution in [2.24, 2.45) is 0 Å². The number of hydrogen-bond acceptors (Lipinski definition) is 4. The largest absolute Gasteiger partial charge is 0.509 e. The number of carbonyl (C=O) groups is 2. The molecule has 0 N–H and O–H groups in total. The van der Waals surface area contributed by atoms with Crippen LogP contribution in [0.15, 0.2) is 12.7 Å². The van der Waals surface area contributed by atoms with Crippen molar-refractivity contribution in [1.29, 1.82) is 0 Å². The first-order valence-corrected chi connectivity index (χ1v) is 5.35. The van der Waals surface area contributed by atoms with Gasteiger partial charge in [-0.05, 0) is 26.8 Å². The van der Waals surface area contributed by atoms with E-state index in [1.54, 1.807) is 11.8 Å². The SMILES string of the molecule is C=CC(OC(=O)OCC)C(=O)N(CC)CC. The molecule has 0 heterocycles. The van der Waals surface area contributed by atoms with Crippen molar-refractivity contribution in [2.45, 2.75) is 26.9 Å². The summed E-state index contributed by atoms with van der Waals surface area (Å²) >= 11 is 0. The Hall–Kier alpha value is -1.52. The molecule has 0 aliphatic rings. The number of hydrogen-bond donors (Lipinski definition) is 0. The van der Waals surface area contributed by atoms with E-state index >= 15 is 0 Å². The van der Waals surface area contributed by atoms with Gasteiger partial charge >= 0.3 is 6.16 Å². The van der Waals surface area contributed by atoms with Crippen molar-refractivity contribution >= 4 is 12.1 Å². The third-order valence-electron chi connectivity index (χ3n) is 2.02. The predicted molar refractivity (Wildman–Crippen MR) is 60.0 cm³/mol. The van der Waals surface area contributed by atoms with Crippen LogP contribution in [0.5, 0.6) is 0 Å². The third-order valence-corrected chi connectivity index (χ3v) is 2.02. The van der Waals surface area contributed by atoms with E-state index in [0.29, 0.717) is 13.1 Å². The number of ether oxygens (including phenoxy) is 2. The maximum absolute atomic E-state index is 11.8. The standard InChI is InChI=1S/C11H19NO4/c1-5-9(16-11(14)15-8-4)10(13)12(6-2)7-3/h5,9H,1,6-8H2,2-4H3. The molecule has 0 saturated heterocycles. The Morgan fingerprint density at radius 2 is 1.88 bits per heavy atom. The van der Waals surface area contributed by atoms with Gasteiger partial charge in [0.25, 0.3) is 5.91 Å². The Balaban J connectivity index is 4.42. The van der Waals surface area contributed by atoms with E-state index in [9.17, 15) is 9.59 Å². The van der Waals surface area contributed by atoms with E-state index in [1.807, 2.05) is 13.8 Å². The lowest BCUT2D eigenvalue weighted by atomic mass is 10.3. The molecule has 0 aromatic carbocycles. The minimum absolute atomic E-state index is 0.210. The zero-order chi connectivity index (χ0) is 12.6. The summed E-state index contributed by atoms with van der Waals surface area (Å²) in [5, 5.41) is 0. The van der Waals surface area contributed by atoms with Crippen molar-refractivity contribution in [3.05, 3.63) is 12.7 Å². The van der Waals surface area contributed by atoms with Crippen LogP contribution in [0.3, 0.4) is 0 Å². The maximum atomic E-state index is 11.8. The average molecular weight is 229 g/mol. The minimum Gasteiger partial charge on any atom is -0.435 e. The highest BCUT2D eigenvalue weighted by Gasteiger charge is 2.23. The summed E-state index contributed by atoms with van der Waals surface area (Å²) in [6.07, 6.45) is -0.538. The van der Waals surface area contributed by atoms with Gasteiger partial charge in [0.1, 0.15) is 0 Å². The second kappa shape index (κ2) is 7.73. The van der Waals surface area contributed by atoms with E-state index in [4.69, 9.17) is 4.74 Å². The topological polar surface area (TPSA) is 55.8 Å². The van der Waals surface area contributed by atoms with Gasteiger partial charge in [-0.3, -0.25) is 4.79 Å². The quantitative estimate of drug-likeness (QED) is 0.512. The first kappa shape index (κ1) is 14.5. The highest BCUT2D eigenvalue weighted by Crippen LogP contribution is 2.03. The average Bonchev–Trinajstić information content (AvgIpc) is 2.27. The van der Waals surface area contributed by atoms with E-state index in [0.717, 1.165) is 0 Å². The van der Waals surface area contributed by atoms with Crippen LogP contribution in [0.25, 0.3) is 0 Å². The molecule has 0 fully saturated rings. The third kappa shape index (κ3) is 4.33. The molecular formula is C11H19NO4. The van der Waals surface area contributed by atoms with Crippen LogP contribution in [-0.2, 0) is 14.3 Å². The van der Waals surface area contributed by atoms with Crippen LogP contribution < -0.4 is 0 Å². The summed E-state index contributed by atoms with van der Waals surface area (Å²) in [6.45, 7) is 10.2. The Bertz CT molecular complexity index is 248. The van der Waals surface area contributed by atoms with Crippen LogP contribution in [0.1, 0.15) is 20.8 Å². The van der Waals surface area contributed by atoms with Gasteiger partial charge in [0.15, 0.2) is 0 Å². The second-order valence-electron chi connectivity index (χ2n) is 2.97. The lowest BCUT2D eigenvalue weighted by Crippen LogP contribution is -2.40. The highest BCUT2D eigenvalue weighted by atomic mass is 16.7. The second-order valence-corrected chi connectivity index (χ2v) is 2.97. The summed E-state index contributed by atoms with van der Waals surface area (Å²) in [7, 11) is 0. The summed E-state index contributed by atoms with van der Waals surface area (Å²) in [6, 6.07) is 0. The molecule has 0 rings (SSSR count). The summed E-state index contributed by atoms with van der Waals surface area (Å²) in [5.74, 6) is -0.284. The van der Waals surface area contributed by atoms with Crippen LogP contribution in [0.2, 0.25) is 0 Å². The summed E-state index contributed by atoms with van der Waals surface area (Å²) in [5.41, 5.74) is 0. The number of amides is 1. The molecule has 0 aromatic heterocycles. The molecule has 1 atom stereocenters. The Labute approximate surface area is 96.0 Å². The first-order chi connectivity index (χ1) is 7.60. The molecule has 0 radical (unpaired) electrons. The van der Waals surface area contributed by atoms with E-state index < -0.39 is 12.3 Å². The first-order valence-electron chi connectivity index (χ1n) is 5.35. The molecule has 1 amide bonds. The van der Waals surface area contributed by atoms with Gasteiger partial charge < -0.3 is 14.4 Å². The maximum Gasteiger partial charge on any atom is 0.509 e. The van der Waals surface area contributed by atoms with Gasteiger partial charge in [-0.25, -0.2) is 4.79 Å². The van der Waals surface area contributed by atoms with Crippen LogP contribution in [0.4, 0.5) is 4.79 Å². The predicted octanol–water partition coefficient (Wildman–Crippen LogP) is 1.58. The molecule has 92 valence electrons. The van der Waals surface area contributed by atoms with Gasteiger partial charge in [-0.1, -0.05) is 6.58 Å². The lowest BCUT2D eigenvalue weighted by molar-refractivity contribution is -0.138. The normalized spacial score (nSPS) is 11.4. The number of rotatable bonds is 6. The molecule has 0 aromatic rings. The molecule has 5 nitrogen and oxygen atoms in total. The van der Waals surface area contributed by atoms with Crippen molar-refractivity contribution in [2.75, 3.05) is 19.7 Å². The molecule has 0 aliphatic heterocycles. The van der Waals surface area contributed by atoms with Crippen molar-refractivity contribution in [3.8, 4) is 0 Å². The molecule has 1 unspecified atom stereocenters. The van der Waals surface area contributed by atoms with Gasteiger partial charge in [0.05, 0.1) is 6.61 Å². The van der Waals surface area contributed by atoms with E-state index in [2.05, 4.69) is 11.3 Å². The van der Waals surface area contributed by atoms with Crippen molar-refractivity contribution in [1.82, 2.24) is 4.90 Å². The number of carbonyl (C=O) groups excluding carboxylic acids is 2. The molecule has 16 heavy (non-hydrogen) atoms. The summed E-state index contributed by atoms with van der Waals surface area (Å²) in [4.78, 5) is 24.4. The Kier molecular flexibility index (Phi) is 7.00. The fraction of sp³-hybridized carbons (Fsp3) is 0.636. The molecule has 0 aliphatic carbocycles. The van der Waals surface area contributed by atoms with E-state index in [-0.39, 0.29) is 12.5 Å². The molecule has 0 saturated carbocycles. The Morgan fingerprint density at radius 1 is 1.31 bits per heavy atom. The number of likely N-dealkylation sites (N-methyl/N-ethyl adjacent to an activating group) is 1. The smallest absolute Gasteiger partial charge is 0.435 e. The zero-order valence-electron chi connectivity index (χ0n) is 10.1. The van der Waals surface area contributed by atoms with Crippen molar-refractivity contribution < 1.29 is 19.1 Å². The molecule has 0 bridgehead atoms. The van der Waals surface area contributed by atoms with Crippen molar-refractivity contribution in [3.63, 3.8) is 0 Å². The van der Waals surface area contributed by atoms with Crippen LogP contribution in [-0.4, -0.2) is 42.8 Å². The molecule has 5 heteroatoms. The van der Waals surface area contributed by atoms with Gasteiger partial charge in [0.2, 0.25) is 6.10 Å². The zero-order valence-corrected chi connectivity index (χ0v) is 10.1. The Morgan fingerprint density at radius 3 is 2.25 bits per heavy atom. The van der Waals surface area contributed by atoms with Gasteiger partial charge in [-0.15, -0.1) is 0 Å². The molecular weight excluding hydrogens is 210 g/mol.